The fraction of sp³-hybridized carbons (Fsp3) is 0.0741. The fourth-order valence-corrected chi connectivity index (χ4v) is 3.21. The van der Waals surface area contributed by atoms with Gasteiger partial charge in [-0.15, -0.1) is 0 Å². The second kappa shape index (κ2) is 9.71. The summed E-state index contributed by atoms with van der Waals surface area (Å²) in [5.74, 6) is 3.17. The first-order valence-corrected chi connectivity index (χ1v) is 10.0. The normalized spacial score (nSPS) is 10.3. The molecule has 4 aromatic carbocycles. The largest absolute Gasteiger partial charge is 0.497 e. The molecule has 5 nitrogen and oxygen atoms in total. The summed E-state index contributed by atoms with van der Waals surface area (Å²) >= 11 is 0. The van der Waals surface area contributed by atoms with Crippen molar-refractivity contribution in [3.8, 4) is 34.5 Å². The number of rotatable bonds is 8. The Balaban J connectivity index is 1.65. The van der Waals surface area contributed by atoms with Gasteiger partial charge in [-0.05, 0) is 48.5 Å². The maximum Gasteiger partial charge on any atom is 0.200 e. The molecule has 0 fully saturated rings. The first kappa shape index (κ1) is 21.0. The highest BCUT2D eigenvalue weighted by Crippen LogP contribution is 2.33. The number of carbonyl (C=O) groups is 1. The van der Waals surface area contributed by atoms with Crippen LogP contribution >= 0.6 is 0 Å². The third-order valence-corrected chi connectivity index (χ3v) is 4.80. The Hall–Kier alpha value is -4.25. The number of ketones is 1. The minimum Gasteiger partial charge on any atom is -0.497 e. The highest BCUT2D eigenvalue weighted by Gasteiger charge is 2.19. The van der Waals surface area contributed by atoms with Gasteiger partial charge >= 0.3 is 0 Å². The predicted octanol–water partition coefficient (Wildman–Crippen LogP) is 6.52. The lowest BCUT2D eigenvalue weighted by molar-refractivity contribution is 0.103. The molecule has 0 saturated carbocycles. The van der Waals surface area contributed by atoms with E-state index in [1.54, 1.807) is 62.8 Å². The second-order valence-electron chi connectivity index (χ2n) is 6.88. The van der Waals surface area contributed by atoms with Crippen molar-refractivity contribution in [2.45, 2.75) is 0 Å². The van der Waals surface area contributed by atoms with Gasteiger partial charge < -0.3 is 18.9 Å². The van der Waals surface area contributed by atoms with Crippen LogP contribution in [0.1, 0.15) is 15.9 Å². The van der Waals surface area contributed by atoms with Gasteiger partial charge in [0.2, 0.25) is 5.78 Å². The zero-order chi connectivity index (χ0) is 22.3. The van der Waals surface area contributed by atoms with Crippen LogP contribution in [0.5, 0.6) is 34.5 Å². The molecule has 0 bridgehead atoms. The molecule has 0 spiro atoms. The van der Waals surface area contributed by atoms with E-state index in [0.717, 1.165) is 0 Å². The molecule has 0 radical (unpaired) electrons. The third-order valence-electron chi connectivity index (χ3n) is 4.80. The Kier molecular flexibility index (Phi) is 6.37. The first-order valence-electron chi connectivity index (χ1n) is 10.0. The minimum atomic E-state index is -0.206. The van der Waals surface area contributed by atoms with Crippen molar-refractivity contribution in [1.82, 2.24) is 0 Å². The summed E-state index contributed by atoms with van der Waals surface area (Å²) in [6, 6.07) is 28.7. The molecule has 0 unspecified atom stereocenters. The molecule has 0 atom stereocenters. The number of benzene rings is 4. The molecule has 4 rings (SSSR count). The molecular formula is C27H22O5. The van der Waals surface area contributed by atoms with Gasteiger partial charge in [0, 0.05) is 12.1 Å². The standard InChI is InChI=1S/C27H22O5/c1-29-19-9-7-11-21(17-19)31-25-15-5-3-13-23(25)27(28)24-14-4-6-16-26(24)32-22-12-8-10-20(18-22)30-2/h3-18H,1-2H3. The van der Waals surface area contributed by atoms with Gasteiger partial charge in [0.25, 0.3) is 0 Å². The van der Waals surface area contributed by atoms with Gasteiger partial charge in [-0.3, -0.25) is 4.79 Å². The molecule has 0 aliphatic heterocycles. The Labute approximate surface area is 186 Å². The Morgan fingerprint density at radius 2 is 0.938 bits per heavy atom. The van der Waals surface area contributed by atoms with Crippen LogP contribution in [0.25, 0.3) is 0 Å². The average molecular weight is 426 g/mol. The minimum absolute atomic E-state index is 0.206. The van der Waals surface area contributed by atoms with Crippen LogP contribution in [0.15, 0.2) is 97.1 Å². The number of hydrogen-bond donors (Lipinski definition) is 0. The summed E-state index contributed by atoms with van der Waals surface area (Å²) < 4.78 is 22.6. The monoisotopic (exact) mass is 426 g/mol. The van der Waals surface area contributed by atoms with E-state index in [1.165, 1.54) is 0 Å². The van der Waals surface area contributed by atoms with Crippen molar-refractivity contribution in [2.75, 3.05) is 14.2 Å². The van der Waals surface area contributed by atoms with E-state index < -0.39 is 0 Å². The van der Waals surface area contributed by atoms with E-state index in [9.17, 15) is 4.79 Å². The van der Waals surface area contributed by atoms with E-state index in [0.29, 0.717) is 45.6 Å². The SMILES string of the molecule is COc1cccc(Oc2ccccc2C(=O)c2ccccc2Oc2cccc(OC)c2)c1. The summed E-state index contributed by atoms with van der Waals surface area (Å²) in [7, 11) is 3.19. The first-order chi connectivity index (χ1) is 15.7. The fourth-order valence-electron chi connectivity index (χ4n) is 3.21. The Morgan fingerprint density at radius 1 is 0.531 bits per heavy atom. The molecule has 0 heterocycles. The Bertz CT molecular complexity index is 1140. The lowest BCUT2D eigenvalue weighted by Crippen LogP contribution is -2.05. The molecule has 32 heavy (non-hydrogen) atoms. The van der Waals surface area contributed by atoms with Crippen molar-refractivity contribution in [2.24, 2.45) is 0 Å². The molecule has 0 saturated heterocycles. The quantitative estimate of drug-likeness (QED) is 0.300. The summed E-state index contributed by atoms with van der Waals surface area (Å²) in [6.07, 6.45) is 0. The van der Waals surface area contributed by atoms with Gasteiger partial charge in [-0.25, -0.2) is 0 Å². The van der Waals surface area contributed by atoms with Crippen LogP contribution in [0, 0.1) is 0 Å². The molecule has 0 amide bonds. The van der Waals surface area contributed by atoms with Crippen LogP contribution in [0.3, 0.4) is 0 Å². The lowest BCUT2D eigenvalue weighted by Gasteiger charge is -2.14. The second-order valence-corrected chi connectivity index (χ2v) is 6.88. The summed E-state index contributed by atoms with van der Waals surface area (Å²) in [5, 5.41) is 0. The molecule has 0 aliphatic rings. The zero-order valence-corrected chi connectivity index (χ0v) is 17.8. The van der Waals surface area contributed by atoms with Crippen molar-refractivity contribution in [3.63, 3.8) is 0 Å². The summed E-state index contributed by atoms with van der Waals surface area (Å²) in [6.45, 7) is 0. The summed E-state index contributed by atoms with van der Waals surface area (Å²) in [4.78, 5) is 13.5. The smallest absolute Gasteiger partial charge is 0.200 e. The van der Waals surface area contributed by atoms with Crippen molar-refractivity contribution in [1.29, 1.82) is 0 Å². The van der Waals surface area contributed by atoms with Gasteiger partial charge in [-0.2, -0.15) is 0 Å². The van der Waals surface area contributed by atoms with Crippen LogP contribution in [-0.4, -0.2) is 20.0 Å². The van der Waals surface area contributed by atoms with Crippen molar-refractivity contribution < 1.29 is 23.7 Å². The van der Waals surface area contributed by atoms with Crippen molar-refractivity contribution in [3.05, 3.63) is 108 Å². The highest BCUT2D eigenvalue weighted by molar-refractivity contribution is 6.12. The topological polar surface area (TPSA) is 54.0 Å². The average Bonchev–Trinajstić information content (AvgIpc) is 2.84. The number of carbonyl (C=O) groups excluding carboxylic acids is 1. The van der Waals surface area contributed by atoms with Crippen LogP contribution in [0.2, 0.25) is 0 Å². The van der Waals surface area contributed by atoms with E-state index >= 15 is 0 Å². The number of hydrogen-bond acceptors (Lipinski definition) is 5. The molecule has 0 aliphatic carbocycles. The number of ether oxygens (including phenoxy) is 4. The van der Waals surface area contributed by atoms with E-state index in [1.807, 2.05) is 48.5 Å². The number of methoxy groups -OCH3 is 2. The molecule has 160 valence electrons. The van der Waals surface area contributed by atoms with Crippen LogP contribution < -0.4 is 18.9 Å². The van der Waals surface area contributed by atoms with Gasteiger partial charge in [0.1, 0.15) is 34.5 Å². The Morgan fingerprint density at radius 3 is 1.38 bits per heavy atom. The highest BCUT2D eigenvalue weighted by atomic mass is 16.5. The number of para-hydroxylation sites is 2. The van der Waals surface area contributed by atoms with E-state index in [2.05, 4.69) is 0 Å². The molecule has 0 aromatic heterocycles. The molecule has 4 aromatic rings. The molecular weight excluding hydrogens is 404 g/mol. The maximum absolute atomic E-state index is 13.5. The maximum atomic E-state index is 13.5. The van der Waals surface area contributed by atoms with E-state index in [-0.39, 0.29) is 5.78 Å². The van der Waals surface area contributed by atoms with Gasteiger partial charge in [0.15, 0.2) is 0 Å². The van der Waals surface area contributed by atoms with Crippen LogP contribution in [-0.2, 0) is 0 Å². The summed E-state index contributed by atoms with van der Waals surface area (Å²) in [5.41, 5.74) is 0.856. The third kappa shape index (κ3) is 4.73. The van der Waals surface area contributed by atoms with Crippen LogP contribution in [0.4, 0.5) is 0 Å². The van der Waals surface area contributed by atoms with Crippen molar-refractivity contribution >= 4 is 5.78 Å². The lowest BCUT2D eigenvalue weighted by atomic mass is 10.0. The van der Waals surface area contributed by atoms with Gasteiger partial charge in [0.05, 0.1) is 25.3 Å². The molecule has 5 heteroatoms. The molecule has 0 N–H and O–H groups in total. The predicted molar refractivity (Wildman–Crippen MR) is 122 cm³/mol. The zero-order valence-electron chi connectivity index (χ0n) is 17.8. The van der Waals surface area contributed by atoms with Gasteiger partial charge in [-0.1, -0.05) is 36.4 Å². The van der Waals surface area contributed by atoms with E-state index in [4.69, 9.17) is 18.9 Å².